The lowest BCUT2D eigenvalue weighted by molar-refractivity contribution is -0.0405. The third-order valence-corrected chi connectivity index (χ3v) is 3.83. The van der Waals surface area contributed by atoms with Gasteiger partial charge in [0.1, 0.15) is 5.75 Å². The minimum Gasteiger partial charge on any atom is -0.508 e. The van der Waals surface area contributed by atoms with Crippen LogP contribution < -0.4 is 0 Å². The Morgan fingerprint density at radius 1 is 1.38 bits per heavy atom. The van der Waals surface area contributed by atoms with Crippen molar-refractivity contribution in [2.24, 2.45) is 5.92 Å². The molecule has 0 aromatic heterocycles. The summed E-state index contributed by atoms with van der Waals surface area (Å²) in [6.07, 6.45) is 4.98. The fourth-order valence-electron chi connectivity index (χ4n) is 2.68. The molecule has 1 aliphatic rings. The van der Waals surface area contributed by atoms with Crippen molar-refractivity contribution in [2.75, 3.05) is 0 Å². The first-order valence-electron chi connectivity index (χ1n) is 6.10. The molecule has 88 valence electrons. The maximum absolute atomic E-state index is 10.6. The smallest absolute Gasteiger partial charge is 0.115 e. The van der Waals surface area contributed by atoms with Gasteiger partial charge in [-0.05, 0) is 36.5 Å². The molecular formula is C14H20O2. The van der Waals surface area contributed by atoms with E-state index in [2.05, 4.69) is 6.92 Å². The molecule has 2 nitrogen and oxygen atoms in total. The van der Waals surface area contributed by atoms with Crippen LogP contribution in [0.5, 0.6) is 5.75 Å². The fraction of sp³-hybridized carbons (Fsp3) is 0.571. The molecule has 0 heterocycles. The van der Waals surface area contributed by atoms with Crippen LogP contribution in [-0.2, 0) is 6.42 Å². The van der Waals surface area contributed by atoms with E-state index in [1.807, 2.05) is 12.1 Å². The molecule has 0 radical (unpaired) electrons. The number of rotatable bonds is 2. The Bertz CT molecular complexity index is 362. The maximum atomic E-state index is 10.6. The molecule has 1 aliphatic carbocycles. The van der Waals surface area contributed by atoms with Crippen LogP contribution in [0.15, 0.2) is 24.3 Å². The van der Waals surface area contributed by atoms with Crippen LogP contribution in [0.25, 0.3) is 0 Å². The van der Waals surface area contributed by atoms with Crippen LogP contribution >= 0.6 is 0 Å². The lowest BCUT2D eigenvalue weighted by Crippen LogP contribution is -2.41. The summed E-state index contributed by atoms with van der Waals surface area (Å²) in [6, 6.07) is 7.22. The van der Waals surface area contributed by atoms with Crippen LogP contribution in [0.4, 0.5) is 0 Å². The van der Waals surface area contributed by atoms with Gasteiger partial charge in [-0.25, -0.2) is 0 Å². The summed E-state index contributed by atoms with van der Waals surface area (Å²) in [4.78, 5) is 0. The van der Waals surface area contributed by atoms with Gasteiger partial charge in [0.25, 0.3) is 0 Å². The molecule has 1 fully saturated rings. The lowest BCUT2D eigenvalue weighted by atomic mass is 9.73. The first-order valence-corrected chi connectivity index (χ1v) is 6.10. The van der Waals surface area contributed by atoms with Crippen molar-refractivity contribution in [1.29, 1.82) is 0 Å². The Balaban J connectivity index is 2.13. The van der Waals surface area contributed by atoms with Gasteiger partial charge in [-0.2, -0.15) is 0 Å². The summed E-state index contributed by atoms with van der Waals surface area (Å²) >= 11 is 0. The van der Waals surface area contributed by atoms with Gasteiger partial charge in [-0.3, -0.25) is 0 Å². The first-order chi connectivity index (χ1) is 7.60. The van der Waals surface area contributed by atoms with Gasteiger partial charge in [0.2, 0.25) is 0 Å². The summed E-state index contributed by atoms with van der Waals surface area (Å²) < 4.78 is 0. The molecule has 2 unspecified atom stereocenters. The van der Waals surface area contributed by atoms with Crippen LogP contribution in [-0.4, -0.2) is 15.8 Å². The third kappa shape index (κ3) is 2.38. The van der Waals surface area contributed by atoms with Gasteiger partial charge in [-0.15, -0.1) is 0 Å². The zero-order valence-electron chi connectivity index (χ0n) is 9.82. The SMILES string of the molecule is CC1CCCCC1(O)Cc1cccc(O)c1. The van der Waals surface area contributed by atoms with Crippen molar-refractivity contribution in [3.05, 3.63) is 29.8 Å². The van der Waals surface area contributed by atoms with Gasteiger partial charge < -0.3 is 10.2 Å². The highest BCUT2D eigenvalue weighted by Crippen LogP contribution is 2.36. The number of benzene rings is 1. The molecular weight excluding hydrogens is 200 g/mol. The van der Waals surface area contributed by atoms with E-state index in [1.54, 1.807) is 12.1 Å². The second kappa shape index (κ2) is 4.46. The molecule has 0 aliphatic heterocycles. The second-order valence-electron chi connectivity index (χ2n) is 5.10. The third-order valence-electron chi connectivity index (χ3n) is 3.83. The van der Waals surface area contributed by atoms with E-state index in [1.165, 1.54) is 6.42 Å². The predicted octanol–water partition coefficient (Wildman–Crippen LogP) is 2.88. The standard InChI is InChI=1S/C14H20O2/c1-11-5-2-3-8-14(11,16)10-12-6-4-7-13(15)9-12/h4,6-7,9,11,15-16H,2-3,5,8,10H2,1H3. The van der Waals surface area contributed by atoms with Crippen molar-refractivity contribution < 1.29 is 10.2 Å². The molecule has 2 N–H and O–H groups in total. The Kier molecular flexibility index (Phi) is 3.20. The van der Waals surface area contributed by atoms with Crippen LogP contribution in [0.3, 0.4) is 0 Å². The molecule has 2 atom stereocenters. The summed E-state index contributed by atoms with van der Waals surface area (Å²) in [6.45, 7) is 2.13. The summed E-state index contributed by atoms with van der Waals surface area (Å²) in [7, 11) is 0. The zero-order chi connectivity index (χ0) is 11.6. The predicted molar refractivity (Wildman–Crippen MR) is 64.4 cm³/mol. The Hall–Kier alpha value is -1.02. The van der Waals surface area contributed by atoms with E-state index in [0.717, 1.165) is 24.8 Å². The van der Waals surface area contributed by atoms with Gasteiger partial charge in [-0.1, -0.05) is 31.9 Å². The Morgan fingerprint density at radius 2 is 2.19 bits per heavy atom. The molecule has 2 rings (SSSR count). The molecule has 0 amide bonds. The zero-order valence-corrected chi connectivity index (χ0v) is 9.82. The highest BCUT2D eigenvalue weighted by molar-refractivity contribution is 5.28. The number of aliphatic hydroxyl groups is 1. The average molecular weight is 220 g/mol. The summed E-state index contributed by atoms with van der Waals surface area (Å²) in [5.74, 6) is 0.633. The summed E-state index contributed by atoms with van der Waals surface area (Å²) in [5, 5.41) is 20.0. The number of hydrogen-bond donors (Lipinski definition) is 2. The highest BCUT2D eigenvalue weighted by Gasteiger charge is 2.35. The van der Waals surface area contributed by atoms with Crippen LogP contribution in [0, 0.1) is 5.92 Å². The normalized spacial score (nSPS) is 30.2. The molecule has 1 saturated carbocycles. The van der Waals surface area contributed by atoms with Crippen molar-refractivity contribution in [1.82, 2.24) is 0 Å². The van der Waals surface area contributed by atoms with Crippen molar-refractivity contribution >= 4 is 0 Å². The monoisotopic (exact) mass is 220 g/mol. The fourth-order valence-corrected chi connectivity index (χ4v) is 2.68. The largest absolute Gasteiger partial charge is 0.508 e. The molecule has 2 heteroatoms. The van der Waals surface area contributed by atoms with Crippen molar-refractivity contribution in [3.8, 4) is 5.75 Å². The number of phenols is 1. The van der Waals surface area contributed by atoms with Gasteiger partial charge in [0.05, 0.1) is 5.60 Å². The molecule has 1 aromatic rings. The maximum Gasteiger partial charge on any atom is 0.115 e. The van der Waals surface area contributed by atoms with Crippen molar-refractivity contribution in [2.45, 2.75) is 44.6 Å². The van der Waals surface area contributed by atoms with Gasteiger partial charge >= 0.3 is 0 Å². The van der Waals surface area contributed by atoms with E-state index in [0.29, 0.717) is 12.3 Å². The van der Waals surface area contributed by atoms with Crippen LogP contribution in [0.1, 0.15) is 38.2 Å². The molecule has 0 spiro atoms. The molecule has 0 saturated heterocycles. The van der Waals surface area contributed by atoms with Gasteiger partial charge in [0.15, 0.2) is 0 Å². The molecule has 1 aromatic carbocycles. The Morgan fingerprint density at radius 3 is 2.88 bits per heavy atom. The van der Waals surface area contributed by atoms with E-state index in [4.69, 9.17) is 0 Å². The highest BCUT2D eigenvalue weighted by atomic mass is 16.3. The summed E-state index contributed by atoms with van der Waals surface area (Å²) in [5.41, 5.74) is 0.447. The van der Waals surface area contributed by atoms with Crippen LogP contribution in [0.2, 0.25) is 0 Å². The Labute approximate surface area is 96.9 Å². The average Bonchev–Trinajstić information content (AvgIpc) is 2.23. The number of aromatic hydroxyl groups is 1. The van der Waals surface area contributed by atoms with E-state index >= 15 is 0 Å². The number of hydrogen-bond acceptors (Lipinski definition) is 2. The second-order valence-corrected chi connectivity index (χ2v) is 5.10. The lowest BCUT2D eigenvalue weighted by Gasteiger charge is -2.38. The first kappa shape index (κ1) is 11.5. The minimum absolute atomic E-state index is 0.282. The van der Waals surface area contributed by atoms with E-state index in [9.17, 15) is 10.2 Å². The van der Waals surface area contributed by atoms with E-state index in [-0.39, 0.29) is 5.75 Å². The molecule has 0 bridgehead atoms. The quantitative estimate of drug-likeness (QED) is 0.804. The minimum atomic E-state index is -0.577. The number of phenolic OH excluding ortho intramolecular Hbond substituents is 1. The van der Waals surface area contributed by atoms with E-state index < -0.39 is 5.60 Å². The van der Waals surface area contributed by atoms with Crippen molar-refractivity contribution in [3.63, 3.8) is 0 Å². The topological polar surface area (TPSA) is 40.5 Å². The van der Waals surface area contributed by atoms with Gasteiger partial charge in [0, 0.05) is 6.42 Å². The molecule has 16 heavy (non-hydrogen) atoms.